The molecule has 106 valence electrons. The molecule has 0 saturated heterocycles. The molecular weight excluding hydrogens is 339 g/mol. The van der Waals surface area contributed by atoms with Gasteiger partial charge in [-0.05, 0) is 39.7 Å². The Labute approximate surface area is 120 Å². The molecule has 20 heavy (non-hydrogen) atoms. The average molecular weight is 348 g/mol. The quantitative estimate of drug-likeness (QED) is 0.850. The van der Waals surface area contributed by atoms with Gasteiger partial charge in [-0.3, -0.25) is 4.79 Å². The molecule has 1 aromatic heterocycles. The molecule has 0 atom stereocenters. The number of benzene rings is 1. The van der Waals surface area contributed by atoms with Crippen LogP contribution in [0.2, 0.25) is 0 Å². The molecule has 0 aliphatic heterocycles. The minimum absolute atomic E-state index is 0.191. The van der Waals surface area contributed by atoms with Gasteiger partial charge < -0.3 is 9.30 Å². The van der Waals surface area contributed by atoms with Gasteiger partial charge in [0.05, 0.1) is 6.54 Å². The van der Waals surface area contributed by atoms with E-state index in [1.54, 1.807) is 12.3 Å². The van der Waals surface area contributed by atoms with Crippen molar-refractivity contribution in [2.24, 2.45) is 0 Å². The van der Waals surface area contributed by atoms with Gasteiger partial charge >= 0.3 is 6.36 Å². The molecule has 0 unspecified atom stereocenters. The smallest absolute Gasteiger partial charge is 0.406 e. The van der Waals surface area contributed by atoms with E-state index in [4.69, 9.17) is 0 Å². The maximum atomic E-state index is 12.0. The number of aromatic nitrogens is 1. The number of hydrogen-bond donors (Lipinski definition) is 0. The fourth-order valence-electron chi connectivity index (χ4n) is 1.62. The highest BCUT2D eigenvalue weighted by Gasteiger charge is 2.30. The first-order valence-electron chi connectivity index (χ1n) is 5.54. The second-order valence-electron chi connectivity index (χ2n) is 4.01. The molecule has 0 amide bonds. The number of rotatable bonds is 3. The summed E-state index contributed by atoms with van der Waals surface area (Å²) >= 11 is 3.25. The van der Waals surface area contributed by atoms with Gasteiger partial charge in [-0.2, -0.15) is 0 Å². The fraction of sp³-hybridized carbons (Fsp3) is 0.154. The highest BCUT2D eigenvalue weighted by atomic mass is 79.9. The van der Waals surface area contributed by atoms with Crippen molar-refractivity contribution < 1.29 is 17.9 Å². The van der Waals surface area contributed by atoms with E-state index < -0.39 is 6.36 Å². The molecular formula is C13H9BrF3NO2. The lowest BCUT2D eigenvalue weighted by atomic mass is 10.2. The predicted octanol–water partition coefficient (Wildman–Crippen LogP) is 3.56. The number of halogens is 4. The lowest BCUT2D eigenvalue weighted by Crippen LogP contribution is -2.19. The maximum Gasteiger partial charge on any atom is 0.573 e. The summed E-state index contributed by atoms with van der Waals surface area (Å²) in [5.74, 6) is -0.289. The third kappa shape index (κ3) is 4.12. The molecule has 0 bridgehead atoms. The minimum Gasteiger partial charge on any atom is -0.406 e. The molecule has 2 rings (SSSR count). The Hall–Kier alpha value is -1.76. The van der Waals surface area contributed by atoms with Crippen molar-refractivity contribution in [1.29, 1.82) is 0 Å². The van der Waals surface area contributed by atoms with Crippen molar-refractivity contribution in [3.8, 4) is 5.75 Å². The van der Waals surface area contributed by atoms with Crippen LogP contribution in [0, 0.1) is 0 Å². The zero-order chi connectivity index (χ0) is 14.8. The average Bonchev–Trinajstić information content (AvgIpc) is 2.34. The van der Waals surface area contributed by atoms with E-state index in [0.717, 1.165) is 4.47 Å². The van der Waals surface area contributed by atoms with E-state index in [1.165, 1.54) is 34.9 Å². The second kappa shape index (κ2) is 5.70. The van der Waals surface area contributed by atoms with Gasteiger partial charge in [-0.25, -0.2) is 0 Å². The summed E-state index contributed by atoms with van der Waals surface area (Å²) in [6.45, 7) is 0.268. The van der Waals surface area contributed by atoms with Crippen molar-refractivity contribution in [3.63, 3.8) is 0 Å². The van der Waals surface area contributed by atoms with E-state index in [0.29, 0.717) is 5.56 Å². The highest BCUT2D eigenvalue weighted by Crippen LogP contribution is 2.22. The van der Waals surface area contributed by atoms with Crippen LogP contribution in [-0.2, 0) is 6.54 Å². The SMILES string of the molecule is O=c1ccc(Br)cn1Cc1ccc(OC(F)(F)F)cc1. The molecule has 0 aliphatic carbocycles. The van der Waals surface area contributed by atoms with Crippen molar-refractivity contribution in [3.05, 3.63) is 63.0 Å². The van der Waals surface area contributed by atoms with Crippen LogP contribution < -0.4 is 10.3 Å². The van der Waals surface area contributed by atoms with Crippen molar-refractivity contribution in [1.82, 2.24) is 4.57 Å². The van der Waals surface area contributed by atoms with Gasteiger partial charge in [0.2, 0.25) is 0 Å². The van der Waals surface area contributed by atoms with Crippen LogP contribution in [0.5, 0.6) is 5.75 Å². The lowest BCUT2D eigenvalue weighted by molar-refractivity contribution is -0.274. The lowest BCUT2D eigenvalue weighted by Gasteiger charge is -2.10. The second-order valence-corrected chi connectivity index (χ2v) is 4.92. The summed E-state index contributed by atoms with van der Waals surface area (Å²) in [5, 5.41) is 0. The van der Waals surface area contributed by atoms with Crippen molar-refractivity contribution in [2.75, 3.05) is 0 Å². The van der Waals surface area contributed by atoms with Crippen LogP contribution in [0.4, 0.5) is 13.2 Å². The van der Waals surface area contributed by atoms with E-state index in [1.807, 2.05) is 0 Å². The molecule has 0 N–H and O–H groups in total. The predicted molar refractivity (Wildman–Crippen MR) is 70.6 cm³/mol. The fourth-order valence-corrected chi connectivity index (χ4v) is 2.00. The Morgan fingerprint density at radius 3 is 2.35 bits per heavy atom. The summed E-state index contributed by atoms with van der Waals surface area (Å²) in [5.41, 5.74) is 0.503. The van der Waals surface area contributed by atoms with Gasteiger partial charge in [-0.15, -0.1) is 13.2 Å². The Bertz CT molecular complexity index is 650. The van der Waals surface area contributed by atoms with E-state index in [-0.39, 0.29) is 17.9 Å². The third-order valence-electron chi connectivity index (χ3n) is 2.46. The van der Waals surface area contributed by atoms with Crippen LogP contribution in [0.15, 0.2) is 51.9 Å². The molecule has 7 heteroatoms. The molecule has 0 fully saturated rings. The van der Waals surface area contributed by atoms with E-state index in [2.05, 4.69) is 20.7 Å². The largest absolute Gasteiger partial charge is 0.573 e. The first-order chi connectivity index (χ1) is 9.33. The molecule has 3 nitrogen and oxygen atoms in total. The Morgan fingerprint density at radius 1 is 1.10 bits per heavy atom. The number of ether oxygens (including phenoxy) is 1. The monoisotopic (exact) mass is 347 g/mol. The van der Waals surface area contributed by atoms with Crippen molar-refractivity contribution >= 4 is 15.9 Å². The van der Waals surface area contributed by atoms with E-state index in [9.17, 15) is 18.0 Å². The third-order valence-corrected chi connectivity index (χ3v) is 2.93. The Kier molecular flexibility index (Phi) is 4.17. The summed E-state index contributed by atoms with van der Waals surface area (Å²) in [4.78, 5) is 11.6. The Balaban J connectivity index is 2.15. The van der Waals surface area contributed by atoms with Crippen LogP contribution in [0.3, 0.4) is 0 Å². The zero-order valence-electron chi connectivity index (χ0n) is 10.0. The minimum atomic E-state index is -4.71. The number of alkyl halides is 3. The number of hydrogen-bond acceptors (Lipinski definition) is 2. The Morgan fingerprint density at radius 2 is 1.75 bits per heavy atom. The highest BCUT2D eigenvalue weighted by molar-refractivity contribution is 9.10. The van der Waals surface area contributed by atoms with Gasteiger partial charge in [0.25, 0.3) is 5.56 Å². The first-order valence-corrected chi connectivity index (χ1v) is 6.33. The summed E-state index contributed by atoms with van der Waals surface area (Å²) in [6.07, 6.45) is -3.09. The summed E-state index contributed by atoms with van der Waals surface area (Å²) in [7, 11) is 0. The topological polar surface area (TPSA) is 31.2 Å². The van der Waals surface area contributed by atoms with Gasteiger partial charge in [0.15, 0.2) is 0 Å². The summed E-state index contributed by atoms with van der Waals surface area (Å²) < 4.78 is 42.0. The van der Waals surface area contributed by atoms with Crippen molar-refractivity contribution in [2.45, 2.75) is 12.9 Å². The van der Waals surface area contributed by atoms with Gasteiger partial charge in [0.1, 0.15) is 5.75 Å². The summed E-state index contributed by atoms with van der Waals surface area (Å²) in [6, 6.07) is 8.42. The molecule has 0 saturated carbocycles. The molecule has 0 aliphatic rings. The number of nitrogens with zero attached hydrogens (tertiary/aromatic N) is 1. The van der Waals surface area contributed by atoms with Crippen LogP contribution in [0.25, 0.3) is 0 Å². The molecule has 1 aromatic carbocycles. The normalized spacial score (nSPS) is 11.4. The maximum absolute atomic E-state index is 12.0. The van der Waals surface area contributed by atoms with E-state index >= 15 is 0 Å². The standard InChI is InChI=1S/C13H9BrF3NO2/c14-10-3-6-12(19)18(8-10)7-9-1-4-11(5-2-9)20-13(15,16)17/h1-6,8H,7H2. The molecule has 0 radical (unpaired) electrons. The number of pyridine rings is 1. The molecule has 2 aromatic rings. The molecule has 1 heterocycles. The van der Waals surface area contributed by atoms with Gasteiger partial charge in [0, 0.05) is 16.7 Å². The first kappa shape index (κ1) is 14.6. The van der Waals surface area contributed by atoms with Crippen LogP contribution in [0.1, 0.15) is 5.56 Å². The zero-order valence-corrected chi connectivity index (χ0v) is 11.6. The van der Waals surface area contributed by atoms with Gasteiger partial charge in [-0.1, -0.05) is 12.1 Å². The molecule has 0 spiro atoms. The van der Waals surface area contributed by atoms with Crippen LogP contribution >= 0.6 is 15.9 Å². The van der Waals surface area contributed by atoms with Crippen LogP contribution in [-0.4, -0.2) is 10.9 Å².